The van der Waals surface area contributed by atoms with Crippen LogP contribution >= 0.6 is 0 Å². The summed E-state index contributed by atoms with van der Waals surface area (Å²) in [5.74, 6) is 0.807. The number of hydrogen-bond donors (Lipinski definition) is 1. The van der Waals surface area contributed by atoms with Gasteiger partial charge in [0.2, 0.25) is 0 Å². The lowest BCUT2D eigenvalue weighted by atomic mass is 10.1. The van der Waals surface area contributed by atoms with E-state index in [0.29, 0.717) is 13.1 Å². The first kappa shape index (κ1) is 12.4. The van der Waals surface area contributed by atoms with Gasteiger partial charge in [0.25, 0.3) is 0 Å². The molecule has 2 aromatic rings. The number of aromatic nitrogens is 1. The van der Waals surface area contributed by atoms with Crippen molar-refractivity contribution in [3.8, 4) is 5.75 Å². The smallest absolute Gasteiger partial charge is 0.181 e. The molecule has 0 radical (unpaired) electrons. The van der Waals surface area contributed by atoms with Crippen LogP contribution in [0.4, 0.5) is 0 Å². The Hall–Kier alpha value is -2.07. The first-order valence-electron chi connectivity index (χ1n) is 5.75. The highest BCUT2D eigenvalue weighted by Gasteiger charge is 2.03. The topological polar surface area (TPSA) is 57.2 Å². The molecule has 4 heteroatoms. The molecule has 0 aliphatic heterocycles. The van der Waals surface area contributed by atoms with Crippen LogP contribution in [0.3, 0.4) is 0 Å². The van der Waals surface area contributed by atoms with Crippen molar-refractivity contribution in [1.29, 1.82) is 0 Å². The van der Waals surface area contributed by atoms with Gasteiger partial charge in [-0.05, 0) is 17.7 Å². The van der Waals surface area contributed by atoms with E-state index in [4.69, 9.17) is 10.5 Å². The fourth-order valence-corrected chi connectivity index (χ4v) is 1.85. The van der Waals surface area contributed by atoms with Crippen LogP contribution in [0.15, 0.2) is 47.5 Å². The van der Waals surface area contributed by atoms with Gasteiger partial charge < -0.3 is 15.0 Å². The summed E-state index contributed by atoms with van der Waals surface area (Å²) in [5.41, 5.74) is 7.80. The molecule has 0 spiro atoms. The highest BCUT2D eigenvalue weighted by molar-refractivity contribution is 5.37. The third kappa shape index (κ3) is 2.78. The van der Waals surface area contributed by atoms with Gasteiger partial charge in [0.15, 0.2) is 5.43 Å². The van der Waals surface area contributed by atoms with E-state index < -0.39 is 0 Å². The van der Waals surface area contributed by atoms with Crippen molar-refractivity contribution in [1.82, 2.24) is 4.57 Å². The lowest BCUT2D eigenvalue weighted by molar-refractivity contribution is 0.409. The van der Waals surface area contributed by atoms with Gasteiger partial charge in [0, 0.05) is 43.2 Å². The second-order valence-electron chi connectivity index (χ2n) is 4.06. The fraction of sp³-hybridized carbons (Fsp3) is 0.214. The van der Waals surface area contributed by atoms with Crippen molar-refractivity contribution in [3.05, 3.63) is 64.1 Å². The zero-order valence-electron chi connectivity index (χ0n) is 10.3. The van der Waals surface area contributed by atoms with Crippen LogP contribution in [0.1, 0.15) is 11.1 Å². The molecule has 2 N–H and O–H groups in total. The Labute approximate surface area is 106 Å². The largest absolute Gasteiger partial charge is 0.496 e. The van der Waals surface area contributed by atoms with Crippen LogP contribution in [0.25, 0.3) is 0 Å². The molecule has 4 nitrogen and oxygen atoms in total. The number of nitrogens with zero attached hydrogens (tertiary/aromatic N) is 1. The Bertz CT molecular complexity index is 570. The third-order valence-electron chi connectivity index (χ3n) is 2.79. The average Bonchev–Trinajstić information content (AvgIpc) is 2.41. The maximum atomic E-state index is 11.0. The van der Waals surface area contributed by atoms with Gasteiger partial charge in [0.1, 0.15) is 5.75 Å². The summed E-state index contributed by atoms with van der Waals surface area (Å²) in [6.07, 6.45) is 3.55. The van der Waals surface area contributed by atoms with Crippen LogP contribution in [-0.4, -0.2) is 11.7 Å². The normalized spacial score (nSPS) is 10.3. The number of hydrogen-bond acceptors (Lipinski definition) is 3. The minimum Gasteiger partial charge on any atom is -0.496 e. The molecule has 0 saturated heterocycles. The highest BCUT2D eigenvalue weighted by Crippen LogP contribution is 2.19. The Morgan fingerprint density at radius 2 is 1.94 bits per heavy atom. The van der Waals surface area contributed by atoms with Crippen LogP contribution in [0.5, 0.6) is 5.75 Å². The molecule has 1 aromatic carbocycles. The van der Waals surface area contributed by atoms with Gasteiger partial charge in [-0.15, -0.1) is 0 Å². The number of pyridine rings is 1. The molecule has 0 atom stereocenters. The zero-order chi connectivity index (χ0) is 13.0. The molecule has 0 saturated carbocycles. The predicted molar refractivity (Wildman–Crippen MR) is 70.7 cm³/mol. The molecular formula is C14H16N2O2. The summed E-state index contributed by atoms with van der Waals surface area (Å²) in [7, 11) is 1.63. The predicted octanol–water partition coefficient (Wildman–Crippen LogP) is 1.36. The summed E-state index contributed by atoms with van der Waals surface area (Å²) in [6, 6.07) is 9.04. The van der Waals surface area contributed by atoms with E-state index in [1.807, 2.05) is 22.8 Å². The molecule has 1 aromatic heterocycles. The molecular weight excluding hydrogens is 228 g/mol. The van der Waals surface area contributed by atoms with Gasteiger partial charge in [-0.2, -0.15) is 0 Å². The molecule has 0 amide bonds. The minimum absolute atomic E-state index is 0.0172. The summed E-state index contributed by atoms with van der Waals surface area (Å²) >= 11 is 0. The number of nitrogens with two attached hydrogens (primary N) is 1. The summed E-state index contributed by atoms with van der Waals surface area (Å²) in [4.78, 5) is 11.0. The van der Waals surface area contributed by atoms with Crippen LogP contribution in [-0.2, 0) is 13.1 Å². The Morgan fingerprint density at radius 3 is 2.56 bits per heavy atom. The minimum atomic E-state index is 0.0172. The first-order valence-corrected chi connectivity index (χ1v) is 5.75. The molecule has 94 valence electrons. The van der Waals surface area contributed by atoms with E-state index in [1.165, 1.54) is 0 Å². The van der Waals surface area contributed by atoms with Gasteiger partial charge in [-0.3, -0.25) is 4.79 Å². The van der Waals surface area contributed by atoms with Gasteiger partial charge in [-0.25, -0.2) is 0 Å². The van der Waals surface area contributed by atoms with Crippen LogP contribution in [0, 0.1) is 0 Å². The van der Waals surface area contributed by atoms with E-state index in [0.717, 1.165) is 16.9 Å². The second kappa shape index (κ2) is 5.51. The molecule has 0 unspecified atom stereocenters. The first-order chi connectivity index (χ1) is 8.72. The molecule has 0 aliphatic rings. The average molecular weight is 244 g/mol. The van der Waals surface area contributed by atoms with Gasteiger partial charge in [0.05, 0.1) is 7.11 Å². The quantitative estimate of drug-likeness (QED) is 0.883. The highest BCUT2D eigenvalue weighted by atomic mass is 16.5. The van der Waals surface area contributed by atoms with Crippen molar-refractivity contribution in [2.24, 2.45) is 5.73 Å². The maximum Gasteiger partial charge on any atom is 0.181 e. The summed E-state index contributed by atoms with van der Waals surface area (Å²) in [6.45, 7) is 1.15. The monoisotopic (exact) mass is 244 g/mol. The Balaban J connectivity index is 2.24. The van der Waals surface area contributed by atoms with Gasteiger partial charge in [-0.1, -0.05) is 6.07 Å². The SMILES string of the molecule is COc1ccc(Cn2ccc(=O)cc2)cc1CN. The molecule has 1 heterocycles. The lowest BCUT2D eigenvalue weighted by Crippen LogP contribution is -2.06. The zero-order valence-corrected chi connectivity index (χ0v) is 10.3. The summed E-state index contributed by atoms with van der Waals surface area (Å²) < 4.78 is 7.18. The van der Waals surface area contributed by atoms with Crippen molar-refractivity contribution < 1.29 is 4.74 Å². The van der Waals surface area contributed by atoms with Crippen LogP contribution < -0.4 is 15.9 Å². The maximum absolute atomic E-state index is 11.0. The lowest BCUT2D eigenvalue weighted by Gasteiger charge is -2.10. The second-order valence-corrected chi connectivity index (χ2v) is 4.06. The fourth-order valence-electron chi connectivity index (χ4n) is 1.85. The number of ether oxygens (including phenoxy) is 1. The summed E-state index contributed by atoms with van der Waals surface area (Å²) in [5, 5.41) is 0. The molecule has 18 heavy (non-hydrogen) atoms. The number of benzene rings is 1. The third-order valence-corrected chi connectivity index (χ3v) is 2.79. The van der Waals surface area contributed by atoms with Crippen molar-refractivity contribution in [2.75, 3.05) is 7.11 Å². The number of methoxy groups -OCH3 is 1. The van der Waals surface area contributed by atoms with E-state index in [1.54, 1.807) is 31.6 Å². The van der Waals surface area contributed by atoms with Crippen LogP contribution in [0.2, 0.25) is 0 Å². The van der Waals surface area contributed by atoms with E-state index in [9.17, 15) is 4.79 Å². The Morgan fingerprint density at radius 1 is 1.22 bits per heavy atom. The Kier molecular flexibility index (Phi) is 3.79. The van der Waals surface area contributed by atoms with E-state index >= 15 is 0 Å². The van der Waals surface area contributed by atoms with E-state index in [-0.39, 0.29) is 5.43 Å². The van der Waals surface area contributed by atoms with Crippen molar-refractivity contribution in [3.63, 3.8) is 0 Å². The molecule has 0 fully saturated rings. The molecule has 0 bridgehead atoms. The van der Waals surface area contributed by atoms with Crippen molar-refractivity contribution >= 4 is 0 Å². The number of rotatable bonds is 4. The van der Waals surface area contributed by atoms with E-state index in [2.05, 4.69) is 0 Å². The van der Waals surface area contributed by atoms with Gasteiger partial charge >= 0.3 is 0 Å². The standard InChI is InChI=1S/C14H16N2O2/c1-18-14-3-2-11(8-12(14)9-15)10-16-6-4-13(17)5-7-16/h2-8H,9-10,15H2,1H3. The molecule has 0 aliphatic carbocycles. The van der Waals surface area contributed by atoms with Crippen molar-refractivity contribution in [2.45, 2.75) is 13.1 Å². The molecule has 2 rings (SSSR count).